The van der Waals surface area contributed by atoms with Gasteiger partial charge in [-0.1, -0.05) is 12.1 Å². The van der Waals surface area contributed by atoms with Crippen LogP contribution in [0.4, 0.5) is 0 Å². The molecule has 0 spiro atoms. The molecular weight excluding hydrogens is 202 g/mol. The van der Waals surface area contributed by atoms with E-state index < -0.39 is 0 Å². The first-order chi connectivity index (χ1) is 7.59. The first-order valence-corrected chi connectivity index (χ1v) is 5.17. The predicted octanol–water partition coefficient (Wildman–Crippen LogP) is 1.81. The predicted molar refractivity (Wildman–Crippen MR) is 62.9 cm³/mol. The van der Waals surface area contributed by atoms with E-state index in [1.807, 2.05) is 32.2 Å². The summed E-state index contributed by atoms with van der Waals surface area (Å²) in [5.41, 5.74) is 8.23. The number of phenolic OH excluding ortho intramolecular Hbond substituents is 1. The number of aryl methyl sites for hydroxylation is 1. The fourth-order valence-corrected chi connectivity index (χ4v) is 1.65. The van der Waals surface area contributed by atoms with Crippen LogP contribution in [0.15, 0.2) is 30.3 Å². The fraction of sp³-hybridized carbons (Fsp3) is 0.250. The second kappa shape index (κ2) is 3.98. The lowest BCUT2D eigenvalue weighted by atomic mass is 10.1. The number of rotatable bonds is 2. The molecule has 16 heavy (non-hydrogen) atoms. The molecule has 0 bridgehead atoms. The fourth-order valence-electron chi connectivity index (χ4n) is 1.65. The molecule has 4 nitrogen and oxygen atoms in total. The summed E-state index contributed by atoms with van der Waals surface area (Å²) < 4.78 is 1.73. The van der Waals surface area contributed by atoms with Crippen LogP contribution in [0.1, 0.15) is 18.7 Å². The van der Waals surface area contributed by atoms with Gasteiger partial charge in [-0.2, -0.15) is 5.10 Å². The van der Waals surface area contributed by atoms with Crippen LogP contribution >= 0.6 is 0 Å². The van der Waals surface area contributed by atoms with Crippen molar-refractivity contribution in [1.82, 2.24) is 9.78 Å². The van der Waals surface area contributed by atoms with E-state index in [9.17, 15) is 5.11 Å². The van der Waals surface area contributed by atoms with Gasteiger partial charge in [0.2, 0.25) is 0 Å². The first-order valence-electron chi connectivity index (χ1n) is 5.17. The van der Waals surface area contributed by atoms with E-state index in [0.717, 1.165) is 17.0 Å². The van der Waals surface area contributed by atoms with E-state index in [4.69, 9.17) is 5.73 Å². The summed E-state index contributed by atoms with van der Waals surface area (Å²) in [6, 6.07) is 8.99. The Bertz CT molecular complexity index is 503. The van der Waals surface area contributed by atoms with Crippen LogP contribution in [-0.4, -0.2) is 14.9 Å². The Morgan fingerprint density at radius 1 is 1.38 bits per heavy atom. The number of hydrogen-bond donors (Lipinski definition) is 2. The molecule has 1 aromatic heterocycles. The Morgan fingerprint density at radius 3 is 2.62 bits per heavy atom. The summed E-state index contributed by atoms with van der Waals surface area (Å²) in [5, 5.41) is 14.1. The number of nitrogens with two attached hydrogens (primary N) is 1. The molecule has 0 aliphatic carbocycles. The van der Waals surface area contributed by atoms with E-state index in [1.54, 1.807) is 16.8 Å². The summed E-state index contributed by atoms with van der Waals surface area (Å²) in [6.07, 6.45) is 0. The van der Waals surface area contributed by atoms with Gasteiger partial charge < -0.3 is 10.8 Å². The van der Waals surface area contributed by atoms with Crippen LogP contribution in [-0.2, 0) is 7.05 Å². The highest BCUT2D eigenvalue weighted by molar-refractivity contribution is 5.67. The van der Waals surface area contributed by atoms with Crippen molar-refractivity contribution in [2.24, 2.45) is 12.8 Å². The molecule has 1 unspecified atom stereocenters. The number of para-hydroxylation sites is 1. The van der Waals surface area contributed by atoms with Gasteiger partial charge in [-0.25, -0.2) is 0 Å². The molecule has 0 fully saturated rings. The van der Waals surface area contributed by atoms with E-state index in [1.165, 1.54) is 0 Å². The smallest absolute Gasteiger partial charge is 0.124 e. The van der Waals surface area contributed by atoms with Gasteiger partial charge in [-0.15, -0.1) is 0 Å². The molecular formula is C12H15N3O. The van der Waals surface area contributed by atoms with Crippen LogP contribution in [0.5, 0.6) is 5.75 Å². The zero-order valence-corrected chi connectivity index (χ0v) is 9.38. The van der Waals surface area contributed by atoms with Crippen molar-refractivity contribution in [3.8, 4) is 17.0 Å². The minimum atomic E-state index is -0.106. The SMILES string of the molecule is CC(N)c1cc(-c2ccccc2O)n(C)n1. The molecule has 0 aliphatic heterocycles. The molecule has 84 valence electrons. The summed E-state index contributed by atoms with van der Waals surface area (Å²) in [6.45, 7) is 1.89. The average molecular weight is 217 g/mol. The van der Waals surface area contributed by atoms with Crippen molar-refractivity contribution in [3.05, 3.63) is 36.0 Å². The topological polar surface area (TPSA) is 64.1 Å². The quantitative estimate of drug-likeness (QED) is 0.806. The van der Waals surface area contributed by atoms with Crippen molar-refractivity contribution >= 4 is 0 Å². The monoisotopic (exact) mass is 217 g/mol. The number of hydrogen-bond acceptors (Lipinski definition) is 3. The highest BCUT2D eigenvalue weighted by atomic mass is 16.3. The normalized spacial score (nSPS) is 12.7. The maximum absolute atomic E-state index is 9.76. The van der Waals surface area contributed by atoms with Crippen LogP contribution < -0.4 is 5.73 Å². The van der Waals surface area contributed by atoms with Crippen molar-refractivity contribution < 1.29 is 5.11 Å². The van der Waals surface area contributed by atoms with Gasteiger partial charge in [0.25, 0.3) is 0 Å². The minimum absolute atomic E-state index is 0.106. The third-order valence-corrected chi connectivity index (χ3v) is 2.55. The second-order valence-corrected chi connectivity index (χ2v) is 3.88. The van der Waals surface area contributed by atoms with Crippen molar-refractivity contribution in [3.63, 3.8) is 0 Å². The van der Waals surface area contributed by atoms with Gasteiger partial charge in [0.15, 0.2) is 0 Å². The standard InChI is InChI=1S/C12H15N3O/c1-8(13)10-7-11(15(2)14-10)9-5-3-4-6-12(9)16/h3-8,16H,13H2,1-2H3. The Kier molecular flexibility index (Phi) is 2.66. The van der Waals surface area contributed by atoms with E-state index in [-0.39, 0.29) is 11.8 Å². The van der Waals surface area contributed by atoms with Gasteiger partial charge in [-0.05, 0) is 25.1 Å². The van der Waals surface area contributed by atoms with Crippen molar-refractivity contribution in [1.29, 1.82) is 0 Å². The average Bonchev–Trinajstić information content (AvgIpc) is 2.61. The summed E-state index contributed by atoms with van der Waals surface area (Å²) in [7, 11) is 1.84. The highest BCUT2D eigenvalue weighted by Crippen LogP contribution is 2.29. The molecule has 0 aliphatic rings. The zero-order valence-electron chi connectivity index (χ0n) is 9.38. The largest absolute Gasteiger partial charge is 0.507 e. The van der Waals surface area contributed by atoms with E-state index >= 15 is 0 Å². The summed E-state index contributed by atoms with van der Waals surface area (Å²) in [5.74, 6) is 0.252. The first kappa shape index (κ1) is 10.7. The van der Waals surface area contributed by atoms with Gasteiger partial charge in [0.1, 0.15) is 5.75 Å². The maximum atomic E-state index is 9.76. The summed E-state index contributed by atoms with van der Waals surface area (Å²) >= 11 is 0. The molecule has 0 amide bonds. The highest BCUT2D eigenvalue weighted by Gasteiger charge is 2.12. The van der Waals surface area contributed by atoms with Gasteiger partial charge >= 0.3 is 0 Å². The molecule has 1 aromatic carbocycles. The second-order valence-electron chi connectivity index (χ2n) is 3.88. The number of aromatic nitrogens is 2. The number of nitrogens with zero attached hydrogens (tertiary/aromatic N) is 2. The minimum Gasteiger partial charge on any atom is -0.507 e. The van der Waals surface area contributed by atoms with Gasteiger partial charge in [0, 0.05) is 18.7 Å². The number of benzene rings is 1. The lowest BCUT2D eigenvalue weighted by molar-refractivity contribution is 0.476. The molecule has 1 atom stereocenters. The van der Waals surface area contributed by atoms with Crippen molar-refractivity contribution in [2.75, 3.05) is 0 Å². The number of phenols is 1. The molecule has 1 heterocycles. The summed E-state index contributed by atoms with van der Waals surface area (Å²) in [4.78, 5) is 0. The van der Waals surface area contributed by atoms with E-state index in [2.05, 4.69) is 5.10 Å². The molecule has 2 rings (SSSR count). The van der Waals surface area contributed by atoms with E-state index in [0.29, 0.717) is 0 Å². The van der Waals surface area contributed by atoms with Gasteiger partial charge in [0.05, 0.1) is 11.4 Å². The maximum Gasteiger partial charge on any atom is 0.124 e. The Morgan fingerprint density at radius 2 is 2.06 bits per heavy atom. The third-order valence-electron chi connectivity index (χ3n) is 2.55. The molecule has 4 heteroatoms. The lowest BCUT2D eigenvalue weighted by Gasteiger charge is -2.03. The number of aromatic hydroxyl groups is 1. The molecule has 3 N–H and O–H groups in total. The third kappa shape index (κ3) is 1.79. The molecule has 0 radical (unpaired) electrons. The lowest BCUT2D eigenvalue weighted by Crippen LogP contribution is -2.06. The molecule has 0 saturated heterocycles. The molecule has 0 saturated carbocycles. The van der Waals surface area contributed by atoms with Crippen LogP contribution in [0.2, 0.25) is 0 Å². The van der Waals surface area contributed by atoms with Crippen LogP contribution in [0.3, 0.4) is 0 Å². The van der Waals surface area contributed by atoms with Gasteiger partial charge in [-0.3, -0.25) is 4.68 Å². The molecule has 2 aromatic rings. The zero-order chi connectivity index (χ0) is 11.7. The Hall–Kier alpha value is -1.81. The Balaban J connectivity index is 2.52. The Labute approximate surface area is 94.3 Å². The van der Waals surface area contributed by atoms with Crippen molar-refractivity contribution in [2.45, 2.75) is 13.0 Å². The van der Waals surface area contributed by atoms with Crippen LogP contribution in [0, 0.1) is 0 Å². The van der Waals surface area contributed by atoms with Crippen LogP contribution in [0.25, 0.3) is 11.3 Å².